The largest absolute Gasteiger partial charge is 0.790 e. The average Bonchev–Trinajstić information content (AvgIpc) is 3.09. The molecule has 0 aliphatic carbocycles. The number of phosphoric acid groups is 2. The molecular formula is C37H68N2O22P4S2Y-8. The van der Waals surface area contributed by atoms with Gasteiger partial charge in [-0.15, -0.1) is 0 Å². The van der Waals surface area contributed by atoms with Gasteiger partial charge in [0.25, 0.3) is 0 Å². The first-order chi connectivity index (χ1) is 29.5. The van der Waals surface area contributed by atoms with Gasteiger partial charge in [0, 0.05) is 107 Å². The minimum absolute atomic E-state index is 0. The molecule has 0 saturated carbocycles. The predicted octanol–water partition coefficient (Wildman–Crippen LogP) is 1.13. The first kappa shape index (κ1) is 76.2. The molecule has 0 aliphatic rings. The minimum Gasteiger partial charge on any atom is -0.790 e. The molecule has 0 N–H and O–H groups in total. The summed E-state index contributed by atoms with van der Waals surface area (Å²) in [5.41, 5.74) is -1.88. The van der Waals surface area contributed by atoms with Crippen LogP contribution in [0.1, 0.15) is 114 Å². The second-order valence-electron chi connectivity index (χ2n) is 16.8. The van der Waals surface area contributed by atoms with Gasteiger partial charge in [-0.2, -0.15) is 0 Å². The molecule has 0 aliphatic heterocycles. The molecule has 0 aromatic carbocycles. The van der Waals surface area contributed by atoms with Crippen molar-refractivity contribution >= 4 is 74.5 Å². The molecule has 24 nitrogen and oxygen atoms in total. The van der Waals surface area contributed by atoms with Crippen LogP contribution in [0.5, 0.6) is 0 Å². The van der Waals surface area contributed by atoms with Crippen molar-refractivity contribution in [3.05, 3.63) is 25.3 Å². The van der Waals surface area contributed by atoms with E-state index in [9.17, 15) is 92.7 Å². The van der Waals surface area contributed by atoms with Crippen molar-refractivity contribution in [2.75, 3.05) is 50.0 Å². The third kappa shape index (κ3) is 42.9. The Labute approximate surface area is 427 Å². The topological polar surface area (TPSA) is 414 Å². The van der Waals surface area contributed by atoms with Gasteiger partial charge in [-0.1, -0.05) is 88.8 Å². The Bertz CT molecular complexity index is 2030. The van der Waals surface area contributed by atoms with Crippen molar-refractivity contribution in [1.82, 2.24) is 9.80 Å². The van der Waals surface area contributed by atoms with E-state index in [1.165, 1.54) is 23.6 Å². The number of hydrogen-bond acceptors (Lipinski definition) is 22. The molecule has 1 radical (unpaired) electrons. The van der Waals surface area contributed by atoms with Crippen LogP contribution in [-0.2, 0) is 99.0 Å². The van der Waals surface area contributed by atoms with Crippen LogP contribution in [0.4, 0.5) is 0 Å². The number of Topliss-reactive ketones (excluding diaryl/α,β-unsaturated/α-hetero) is 1. The van der Waals surface area contributed by atoms with Gasteiger partial charge in [0.1, 0.15) is 21.0 Å². The van der Waals surface area contributed by atoms with Crippen LogP contribution in [0.2, 0.25) is 0 Å². The Morgan fingerprint density at radius 2 is 1.03 bits per heavy atom. The number of carbonyl (C=O) groups excluding carboxylic acids is 4. The van der Waals surface area contributed by atoms with E-state index in [1.807, 2.05) is 13.8 Å². The molecule has 0 fully saturated rings. The van der Waals surface area contributed by atoms with E-state index in [-0.39, 0.29) is 90.6 Å². The summed E-state index contributed by atoms with van der Waals surface area (Å²) >= 11 is 0. The molecule has 0 rings (SSSR count). The number of carbonyl (C=O) groups is 4. The number of amides is 2. The molecule has 401 valence electrons. The maximum atomic E-state index is 13.0. The average molecular weight is 1170 g/mol. The van der Waals surface area contributed by atoms with Crippen LogP contribution >= 0.6 is 30.8 Å². The number of hydrogen-bond donors (Lipinski definition) is 0. The third-order valence-electron chi connectivity index (χ3n) is 8.77. The molecule has 4 atom stereocenters. The predicted molar refractivity (Wildman–Crippen MR) is 236 cm³/mol. The Kier molecular flexibility index (Phi) is 38.0. The van der Waals surface area contributed by atoms with Gasteiger partial charge in [-0.3, -0.25) is 19.2 Å². The van der Waals surface area contributed by atoms with E-state index >= 15 is 0 Å². The van der Waals surface area contributed by atoms with Gasteiger partial charge in [0.05, 0.1) is 35.9 Å². The van der Waals surface area contributed by atoms with E-state index in [1.54, 1.807) is 27.7 Å². The summed E-state index contributed by atoms with van der Waals surface area (Å²) < 4.78 is 115. The zero-order valence-corrected chi connectivity index (χ0v) is 47.1. The summed E-state index contributed by atoms with van der Waals surface area (Å²) in [4.78, 5) is 115. The molecule has 0 aromatic heterocycles. The van der Waals surface area contributed by atoms with Crippen LogP contribution in [0.3, 0.4) is 0 Å². The van der Waals surface area contributed by atoms with Crippen LogP contribution in [0, 0.1) is 22.7 Å². The zero-order valence-electron chi connectivity index (χ0n) is 39.1. The Balaban J connectivity index is -0.000000327. The first-order valence-corrected chi connectivity index (χ1v) is 29.8. The molecule has 31 heteroatoms. The van der Waals surface area contributed by atoms with Crippen LogP contribution in [0.15, 0.2) is 25.3 Å². The van der Waals surface area contributed by atoms with Crippen LogP contribution < -0.4 is 29.4 Å². The number of allylic oxidation sites excluding steroid dienone is 1. The summed E-state index contributed by atoms with van der Waals surface area (Å²) in [6.07, 6.45) is 3.59. The zero-order chi connectivity index (χ0) is 52.8. The fourth-order valence-electron chi connectivity index (χ4n) is 5.95. The molecule has 0 saturated heterocycles. The Morgan fingerprint density at radius 1 is 0.662 bits per heavy atom. The molecule has 68 heavy (non-hydrogen) atoms. The first-order valence-electron chi connectivity index (χ1n) is 20.3. The summed E-state index contributed by atoms with van der Waals surface area (Å²) in [5, 5.41) is 0. The Morgan fingerprint density at radius 3 is 1.35 bits per heavy atom. The van der Waals surface area contributed by atoms with Gasteiger partial charge < -0.3 is 75.1 Å². The SMILES string of the molecule is C.C=CC(=O)CC(C)(C)CS(=O)(=O)[O-].C=CC(=O)N(CCCC)CCP(=O)([O-])OP(=O)([O-])[O-].CCCCN(CCP(=O)([O-])OP(=O)([O-])[O-])C(=O)C(C)CC(CC)C(=O)CC(C)(C)CS(=O)(=O)[O-].[Y]. The molecule has 0 bridgehead atoms. The van der Waals surface area contributed by atoms with Crippen LogP contribution in [-0.4, -0.2) is 109 Å². The molecule has 4 unspecified atom stereocenters. The summed E-state index contributed by atoms with van der Waals surface area (Å²) in [6.45, 7) is 19.6. The van der Waals surface area contributed by atoms with Crippen molar-refractivity contribution in [3.63, 3.8) is 0 Å². The number of unbranched alkanes of at least 4 members (excludes halogenated alkanes) is 2. The van der Waals surface area contributed by atoms with Crippen molar-refractivity contribution in [2.45, 2.75) is 114 Å². The van der Waals surface area contributed by atoms with Gasteiger partial charge >= 0.3 is 0 Å². The smallest absolute Gasteiger partial charge is 0.245 e. The van der Waals surface area contributed by atoms with Gasteiger partial charge in [0.15, 0.2) is 5.78 Å². The van der Waals surface area contributed by atoms with Crippen molar-refractivity contribution in [1.29, 1.82) is 0 Å². The van der Waals surface area contributed by atoms with Crippen molar-refractivity contribution < 1.29 is 134 Å². The number of ketones is 2. The van der Waals surface area contributed by atoms with Crippen molar-refractivity contribution in [2.24, 2.45) is 22.7 Å². The van der Waals surface area contributed by atoms with Gasteiger partial charge in [0.2, 0.25) is 11.8 Å². The van der Waals surface area contributed by atoms with E-state index < -0.39 is 109 Å². The van der Waals surface area contributed by atoms with E-state index in [0.717, 1.165) is 18.6 Å². The molecule has 0 spiro atoms. The maximum Gasteiger partial charge on any atom is 0.245 e. The maximum absolute atomic E-state index is 13.0. The molecule has 2 amide bonds. The summed E-state index contributed by atoms with van der Waals surface area (Å²) in [6, 6.07) is 0. The molecule has 0 aromatic rings. The fraction of sp³-hybridized carbons (Fsp3) is 0.784. The van der Waals surface area contributed by atoms with Gasteiger partial charge in [-0.25, -0.2) is 16.8 Å². The van der Waals surface area contributed by atoms with Gasteiger partial charge in [-0.05, 0) is 48.7 Å². The summed E-state index contributed by atoms with van der Waals surface area (Å²) in [7, 11) is -30.0. The monoisotopic (exact) mass is 1170 g/mol. The molecule has 0 heterocycles. The van der Waals surface area contributed by atoms with E-state index in [4.69, 9.17) is 0 Å². The quantitative estimate of drug-likeness (QED) is 0.0533. The normalized spacial score (nSPS) is 14.8. The van der Waals surface area contributed by atoms with E-state index in [0.29, 0.717) is 32.2 Å². The third-order valence-corrected chi connectivity index (χ3v) is 16.1. The van der Waals surface area contributed by atoms with E-state index in [2.05, 4.69) is 21.8 Å². The second kappa shape index (κ2) is 33.9. The number of nitrogens with zero attached hydrogens (tertiary/aromatic N) is 2. The standard InChI is InChI=1S/C19H39NO11P2S.C9H19NO7P2.C8H14O4S.CH4.Y/c1-6-8-9-20(10-11-32(23,24)31-33(25,26)27)18(22)15(3)12-16(7-2)17(21)13-19(4,5)14-34(28,29)30;1-3-5-6-10(9(11)4-2)7-8-18(12,13)17-19(14,15)16;1-4-7(9)5-8(2,3)6-13(10,11)12;;/h15-16H,6-14H2,1-5H3,(H,23,24)(H2,25,26,27)(H,28,29,30);4H,2-3,5-8H2,1H3,(H,12,13)(H2,14,15,16);4H,1,5-6H2,2-3H3,(H,10,11,12);1H4;/p-8. The minimum atomic E-state index is -5.75. The second-order valence-corrected chi connectivity index (χ2v) is 26.0. The molecular weight excluding hydrogens is 1100 g/mol. The Hall–Kier alpha value is -0.716. The van der Waals surface area contributed by atoms with Crippen LogP contribution in [0.25, 0.3) is 0 Å². The van der Waals surface area contributed by atoms with Crippen molar-refractivity contribution in [3.8, 4) is 0 Å². The summed E-state index contributed by atoms with van der Waals surface area (Å²) in [5.74, 6) is -3.97. The fourth-order valence-corrected chi connectivity index (χ4v) is 12.1. The number of rotatable bonds is 31.